The fourth-order valence-corrected chi connectivity index (χ4v) is 2.56. The highest BCUT2D eigenvalue weighted by molar-refractivity contribution is 6.31. The fraction of sp³-hybridized carbons (Fsp3) is 0.375. The van der Waals surface area contributed by atoms with E-state index >= 15 is 0 Å². The molecule has 0 bridgehead atoms. The van der Waals surface area contributed by atoms with Crippen molar-refractivity contribution < 1.29 is 18.6 Å². The summed E-state index contributed by atoms with van der Waals surface area (Å²) >= 11 is 5.71. The number of ether oxygens (including phenoxy) is 1. The summed E-state index contributed by atoms with van der Waals surface area (Å²) in [6, 6.07) is 3.93. The van der Waals surface area contributed by atoms with E-state index < -0.39 is 11.2 Å². The quantitative estimate of drug-likeness (QED) is 0.301. The number of nitrogens with zero attached hydrogens (tertiary/aromatic N) is 2. The minimum Gasteiger partial charge on any atom is -0.472 e. The van der Waals surface area contributed by atoms with E-state index in [-0.39, 0.29) is 41.5 Å². The summed E-state index contributed by atoms with van der Waals surface area (Å²) < 4.78 is 23.2. The van der Waals surface area contributed by atoms with Crippen LogP contribution in [-0.4, -0.2) is 41.8 Å². The van der Waals surface area contributed by atoms with E-state index in [1.165, 1.54) is 18.2 Å². The monoisotopic (exact) mass is 396 g/mol. The molecule has 9 nitrogen and oxygen atoms in total. The van der Waals surface area contributed by atoms with Crippen molar-refractivity contribution in [3.63, 3.8) is 0 Å². The molecule has 144 valence electrons. The van der Waals surface area contributed by atoms with Crippen molar-refractivity contribution in [2.24, 2.45) is 11.1 Å². The normalized spacial score (nSPS) is 14.5. The van der Waals surface area contributed by atoms with Crippen LogP contribution in [0.4, 0.5) is 10.1 Å². The molecule has 2 aromatic rings. The van der Waals surface area contributed by atoms with Gasteiger partial charge in [0.1, 0.15) is 12.4 Å². The van der Waals surface area contributed by atoms with Crippen molar-refractivity contribution in [3.05, 3.63) is 34.7 Å². The lowest BCUT2D eigenvalue weighted by molar-refractivity contribution is -0.126. The molecule has 1 aromatic heterocycles. The Morgan fingerprint density at radius 3 is 2.89 bits per heavy atom. The van der Waals surface area contributed by atoms with Gasteiger partial charge in [-0.2, -0.15) is 0 Å². The molecule has 1 aliphatic rings. The van der Waals surface area contributed by atoms with Crippen LogP contribution >= 0.6 is 11.6 Å². The molecule has 0 unspecified atom stereocenters. The van der Waals surface area contributed by atoms with Crippen LogP contribution in [0.2, 0.25) is 5.02 Å². The number of nitrogens with two attached hydrogens (primary N) is 1. The third-order valence-corrected chi connectivity index (χ3v) is 4.53. The van der Waals surface area contributed by atoms with Crippen molar-refractivity contribution >= 4 is 29.0 Å². The molecule has 0 radical (unpaired) electrons. The molecule has 11 heteroatoms. The molecule has 1 aliphatic carbocycles. The molecule has 1 saturated carbocycles. The van der Waals surface area contributed by atoms with Crippen LogP contribution < -0.4 is 21.1 Å². The van der Waals surface area contributed by atoms with Gasteiger partial charge >= 0.3 is 0 Å². The van der Waals surface area contributed by atoms with Gasteiger partial charge in [0.15, 0.2) is 5.84 Å². The summed E-state index contributed by atoms with van der Waals surface area (Å²) in [5, 5.41) is 20.6. The van der Waals surface area contributed by atoms with Gasteiger partial charge in [-0.1, -0.05) is 11.6 Å². The van der Waals surface area contributed by atoms with Gasteiger partial charge in [0.05, 0.1) is 17.0 Å². The summed E-state index contributed by atoms with van der Waals surface area (Å²) in [5.74, 6) is -0.826. The highest BCUT2D eigenvalue weighted by atomic mass is 35.5. The second kappa shape index (κ2) is 7.89. The summed E-state index contributed by atoms with van der Waals surface area (Å²) in [6.45, 7) is 0.692. The first-order valence-electron chi connectivity index (χ1n) is 8.20. The summed E-state index contributed by atoms with van der Waals surface area (Å²) in [6.07, 6.45) is 1.59. The van der Waals surface area contributed by atoms with Crippen LogP contribution in [0.1, 0.15) is 18.5 Å². The molecule has 0 aliphatic heterocycles. The smallest absolute Gasteiger partial charge is 0.287 e. The maximum atomic E-state index is 13.2. The lowest BCUT2D eigenvalue weighted by Gasteiger charge is -2.12. The number of hydrogen-bond donors (Lipinski definition) is 4. The molecular formula is C16H18ClFN6O3. The number of benzene rings is 1. The third-order valence-electron chi connectivity index (χ3n) is 4.24. The predicted molar refractivity (Wildman–Crippen MR) is 95.4 cm³/mol. The van der Waals surface area contributed by atoms with Crippen molar-refractivity contribution in [2.75, 3.05) is 25.0 Å². The largest absolute Gasteiger partial charge is 0.472 e. The van der Waals surface area contributed by atoms with E-state index in [1.54, 1.807) is 0 Å². The van der Waals surface area contributed by atoms with Gasteiger partial charge in [-0.15, -0.1) is 0 Å². The minimum atomic E-state index is -0.564. The first-order chi connectivity index (χ1) is 12.9. The Labute approximate surface area is 158 Å². The fourth-order valence-electron chi connectivity index (χ4n) is 2.38. The third kappa shape index (κ3) is 4.34. The average molecular weight is 397 g/mol. The number of carbonyl (C=O) groups is 1. The molecule has 0 atom stereocenters. The molecule has 27 heavy (non-hydrogen) atoms. The van der Waals surface area contributed by atoms with E-state index in [1.807, 2.05) is 0 Å². The standard InChI is InChI=1S/C16H18ClFN6O3/c17-10-7-9(1-2-11(10)18)22-13(20)12-14(24-27-23-12)26-6-5-21-15(25)16(8-19)3-4-16/h1-2,7H,3-6,8,19H2,(H2,20,22)(H,21,25). The van der Waals surface area contributed by atoms with Gasteiger partial charge in [0, 0.05) is 12.2 Å². The zero-order valence-electron chi connectivity index (χ0n) is 14.2. The molecule has 5 N–H and O–H groups in total. The van der Waals surface area contributed by atoms with Crippen LogP contribution in [0, 0.1) is 16.6 Å². The zero-order chi connectivity index (χ0) is 19.4. The van der Waals surface area contributed by atoms with Gasteiger partial charge in [0.25, 0.3) is 5.88 Å². The van der Waals surface area contributed by atoms with Gasteiger partial charge in [-0.05, 0) is 41.4 Å². The van der Waals surface area contributed by atoms with E-state index in [2.05, 4.69) is 25.6 Å². The van der Waals surface area contributed by atoms with Crippen LogP contribution in [0.15, 0.2) is 22.8 Å². The Hall–Kier alpha value is -2.72. The number of amidine groups is 1. The minimum absolute atomic E-state index is 0.00471. The van der Waals surface area contributed by atoms with Crippen molar-refractivity contribution in [1.82, 2.24) is 15.6 Å². The molecular weight excluding hydrogens is 379 g/mol. The SMILES string of the molecule is N=C(Nc1ccc(F)c(Cl)c1)c1nonc1OCCNC(=O)C1(CN)CC1. The average Bonchev–Trinajstić information content (AvgIpc) is 3.32. The van der Waals surface area contributed by atoms with E-state index in [4.69, 9.17) is 27.5 Å². The Morgan fingerprint density at radius 2 is 2.22 bits per heavy atom. The summed E-state index contributed by atoms with van der Waals surface area (Å²) in [5.41, 5.74) is 5.60. The number of hydrogen-bond acceptors (Lipinski definition) is 7. The van der Waals surface area contributed by atoms with Gasteiger partial charge in [-0.25, -0.2) is 9.02 Å². The lowest BCUT2D eigenvalue weighted by atomic mass is 10.1. The predicted octanol–water partition coefficient (Wildman–Crippen LogP) is 1.53. The number of aromatic nitrogens is 2. The van der Waals surface area contributed by atoms with Crippen LogP contribution in [0.5, 0.6) is 5.88 Å². The van der Waals surface area contributed by atoms with Gasteiger partial charge in [0.2, 0.25) is 11.6 Å². The molecule has 1 aromatic carbocycles. The van der Waals surface area contributed by atoms with E-state index in [0.717, 1.165) is 12.8 Å². The molecule has 1 fully saturated rings. The molecule has 0 spiro atoms. The second-order valence-corrected chi connectivity index (χ2v) is 6.54. The Morgan fingerprint density at radius 1 is 1.44 bits per heavy atom. The number of nitrogens with one attached hydrogen (secondary N) is 3. The molecule has 3 rings (SSSR count). The number of carbonyl (C=O) groups excluding carboxylic acids is 1. The summed E-state index contributed by atoms with van der Waals surface area (Å²) in [4.78, 5) is 12.0. The zero-order valence-corrected chi connectivity index (χ0v) is 15.0. The van der Waals surface area contributed by atoms with Crippen molar-refractivity contribution in [2.45, 2.75) is 12.8 Å². The molecule has 1 amide bonds. The number of rotatable bonds is 8. The van der Waals surface area contributed by atoms with E-state index in [9.17, 15) is 9.18 Å². The highest BCUT2D eigenvalue weighted by Crippen LogP contribution is 2.44. The number of halogens is 2. The first kappa shape index (κ1) is 19.1. The van der Waals surface area contributed by atoms with Crippen LogP contribution in [-0.2, 0) is 4.79 Å². The first-order valence-corrected chi connectivity index (χ1v) is 8.58. The Bertz CT molecular complexity index is 854. The topological polar surface area (TPSA) is 139 Å². The summed E-state index contributed by atoms with van der Waals surface area (Å²) in [7, 11) is 0. The Kier molecular flexibility index (Phi) is 5.57. The lowest BCUT2D eigenvalue weighted by Crippen LogP contribution is -2.38. The van der Waals surface area contributed by atoms with Crippen LogP contribution in [0.3, 0.4) is 0 Å². The maximum absolute atomic E-state index is 13.2. The van der Waals surface area contributed by atoms with Gasteiger partial charge < -0.3 is 21.1 Å². The highest BCUT2D eigenvalue weighted by Gasteiger charge is 2.48. The van der Waals surface area contributed by atoms with Crippen LogP contribution in [0.25, 0.3) is 0 Å². The second-order valence-electron chi connectivity index (χ2n) is 6.14. The van der Waals surface area contributed by atoms with Crippen molar-refractivity contribution in [1.29, 1.82) is 5.41 Å². The molecule has 1 heterocycles. The number of amides is 1. The van der Waals surface area contributed by atoms with Crippen molar-refractivity contribution in [3.8, 4) is 5.88 Å². The van der Waals surface area contributed by atoms with Gasteiger partial charge in [-0.3, -0.25) is 10.2 Å². The molecule has 0 saturated heterocycles. The Balaban J connectivity index is 1.51. The maximum Gasteiger partial charge on any atom is 0.287 e. The van der Waals surface area contributed by atoms with E-state index in [0.29, 0.717) is 12.2 Å². The number of anilines is 1.